The van der Waals surface area contributed by atoms with Gasteiger partial charge in [-0.25, -0.2) is 0 Å². The van der Waals surface area contributed by atoms with Crippen LogP contribution >= 0.6 is 0 Å². The van der Waals surface area contributed by atoms with Crippen LogP contribution < -0.4 is 16.4 Å². The first-order valence-electron chi connectivity index (χ1n) is 6.69. The standard InChI is InChI=1S/C13H27N3O2/c1-5-10(4)16-12(17)6-7-15-13(18)11(14)8-9(2)3/h9-11H,5-8,14H2,1-4H3,(H,15,18)(H,16,17)/t10?,11-/m1/s1. The van der Waals surface area contributed by atoms with Gasteiger partial charge >= 0.3 is 0 Å². The van der Waals surface area contributed by atoms with Gasteiger partial charge in [0, 0.05) is 19.0 Å². The second-order valence-electron chi connectivity index (χ2n) is 5.15. The van der Waals surface area contributed by atoms with Crippen molar-refractivity contribution in [3.8, 4) is 0 Å². The molecule has 5 heteroatoms. The summed E-state index contributed by atoms with van der Waals surface area (Å²) in [6.07, 6.45) is 1.85. The molecule has 0 spiro atoms. The number of hydrogen-bond donors (Lipinski definition) is 3. The van der Waals surface area contributed by atoms with Crippen molar-refractivity contribution in [2.45, 2.75) is 59.0 Å². The Morgan fingerprint density at radius 3 is 2.33 bits per heavy atom. The molecule has 0 aliphatic rings. The summed E-state index contributed by atoms with van der Waals surface area (Å²) in [5.74, 6) is 0.168. The Bertz CT molecular complexity index is 267. The number of rotatable bonds is 8. The van der Waals surface area contributed by atoms with Crippen LogP contribution in [0.25, 0.3) is 0 Å². The Labute approximate surface area is 110 Å². The van der Waals surface area contributed by atoms with Crippen LogP contribution in [0.4, 0.5) is 0 Å². The molecule has 0 aliphatic carbocycles. The number of amides is 2. The number of hydrogen-bond acceptors (Lipinski definition) is 3. The van der Waals surface area contributed by atoms with Crippen LogP contribution in [0.15, 0.2) is 0 Å². The molecule has 0 aromatic heterocycles. The third-order valence-electron chi connectivity index (χ3n) is 2.73. The van der Waals surface area contributed by atoms with E-state index in [-0.39, 0.29) is 17.9 Å². The number of carbonyl (C=O) groups excluding carboxylic acids is 2. The van der Waals surface area contributed by atoms with Crippen molar-refractivity contribution in [1.29, 1.82) is 0 Å². The largest absolute Gasteiger partial charge is 0.354 e. The second kappa shape index (κ2) is 8.91. The van der Waals surface area contributed by atoms with Crippen molar-refractivity contribution >= 4 is 11.8 Å². The summed E-state index contributed by atoms with van der Waals surface area (Å²) in [6, 6.07) is -0.306. The molecule has 18 heavy (non-hydrogen) atoms. The lowest BCUT2D eigenvalue weighted by Crippen LogP contribution is -2.43. The molecule has 106 valence electrons. The van der Waals surface area contributed by atoms with Crippen LogP contribution in [0.2, 0.25) is 0 Å². The van der Waals surface area contributed by atoms with Crippen LogP contribution in [-0.2, 0) is 9.59 Å². The fourth-order valence-electron chi connectivity index (χ4n) is 1.49. The van der Waals surface area contributed by atoms with Gasteiger partial charge in [0.05, 0.1) is 6.04 Å². The van der Waals surface area contributed by atoms with Gasteiger partial charge in [0.25, 0.3) is 0 Å². The lowest BCUT2D eigenvalue weighted by Gasteiger charge is -2.15. The molecular formula is C13H27N3O2. The number of nitrogens with one attached hydrogen (secondary N) is 2. The van der Waals surface area contributed by atoms with Crippen LogP contribution in [0.3, 0.4) is 0 Å². The van der Waals surface area contributed by atoms with Crippen molar-refractivity contribution in [1.82, 2.24) is 10.6 Å². The van der Waals surface area contributed by atoms with E-state index in [1.165, 1.54) is 0 Å². The maximum Gasteiger partial charge on any atom is 0.236 e. The summed E-state index contributed by atoms with van der Waals surface area (Å²) in [7, 11) is 0. The summed E-state index contributed by atoms with van der Waals surface area (Å²) < 4.78 is 0. The van der Waals surface area contributed by atoms with Crippen molar-refractivity contribution < 1.29 is 9.59 Å². The topological polar surface area (TPSA) is 84.2 Å². The molecule has 0 saturated carbocycles. The molecule has 0 radical (unpaired) electrons. The molecule has 1 unspecified atom stereocenters. The van der Waals surface area contributed by atoms with E-state index in [9.17, 15) is 9.59 Å². The third-order valence-corrected chi connectivity index (χ3v) is 2.73. The molecule has 0 heterocycles. The fourth-order valence-corrected chi connectivity index (χ4v) is 1.49. The van der Waals surface area contributed by atoms with Gasteiger partial charge in [0.2, 0.25) is 11.8 Å². The van der Waals surface area contributed by atoms with Crippen LogP contribution in [0, 0.1) is 5.92 Å². The Kier molecular flexibility index (Phi) is 8.37. The molecule has 0 bridgehead atoms. The number of carbonyl (C=O) groups is 2. The van der Waals surface area contributed by atoms with E-state index in [0.717, 1.165) is 6.42 Å². The van der Waals surface area contributed by atoms with E-state index >= 15 is 0 Å². The molecular weight excluding hydrogens is 230 g/mol. The summed E-state index contributed by atoms with van der Waals surface area (Å²) in [4.78, 5) is 23.0. The summed E-state index contributed by atoms with van der Waals surface area (Å²) >= 11 is 0. The number of nitrogens with two attached hydrogens (primary N) is 1. The summed E-state index contributed by atoms with van der Waals surface area (Å²) in [5.41, 5.74) is 5.72. The highest BCUT2D eigenvalue weighted by molar-refractivity contribution is 5.82. The van der Waals surface area contributed by atoms with Crippen molar-refractivity contribution in [3.05, 3.63) is 0 Å². The lowest BCUT2D eigenvalue weighted by molar-refractivity contribution is -0.123. The van der Waals surface area contributed by atoms with Gasteiger partial charge in [0.1, 0.15) is 0 Å². The average molecular weight is 257 g/mol. The maximum absolute atomic E-state index is 11.6. The molecule has 0 aliphatic heterocycles. The molecule has 0 fully saturated rings. The first-order chi connectivity index (χ1) is 8.36. The van der Waals surface area contributed by atoms with E-state index < -0.39 is 6.04 Å². The van der Waals surface area contributed by atoms with Crippen LogP contribution in [0.5, 0.6) is 0 Å². The molecule has 4 N–H and O–H groups in total. The predicted octanol–water partition coefficient (Wildman–Crippen LogP) is 0.781. The van der Waals surface area contributed by atoms with Gasteiger partial charge in [-0.3, -0.25) is 9.59 Å². The minimum Gasteiger partial charge on any atom is -0.354 e. The molecule has 2 atom stereocenters. The second-order valence-corrected chi connectivity index (χ2v) is 5.15. The highest BCUT2D eigenvalue weighted by Crippen LogP contribution is 2.02. The highest BCUT2D eigenvalue weighted by Gasteiger charge is 2.14. The molecule has 0 saturated heterocycles. The van der Waals surface area contributed by atoms with E-state index in [2.05, 4.69) is 10.6 Å². The van der Waals surface area contributed by atoms with Crippen LogP contribution in [-0.4, -0.2) is 30.4 Å². The first-order valence-corrected chi connectivity index (χ1v) is 6.69. The van der Waals surface area contributed by atoms with Gasteiger partial charge in [-0.15, -0.1) is 0 Å². The fraction of sp³-hybridized carbons (Fsp3) is 0.846. The quantitative estimate of drug-likeness (QED) is 0.601. The van der Waals surface area contributed by atoms with E-state index in [1.54, 1.807) is 0 Å². The molecule has 0 aromatic rings. The van der Waals surface area contributed by atoms with Crippen molar-refractivity contribution in [2.75, 3.05) is 6.54 Å². The normalized spacial score (nSPS) is 14.1. The van der Waals surface area contributed by atoms with Gasteiger partial charge in [0.15, 0.2) is 0 Å². The Morgan fingerprint density at radius 1 is 1.22 bits per heavy atom. The van der Waals surface area contributed by atoms with E-state index in [4.69, 9.17) is 5.73 Å². The smallest absolute Gasteiger partial charge is 0.236 e. The average Bonchev–Trinajstić information content (AvgIpc) is 2.27. The van der Waals surface area contributed by atoms with Gasteiger partial charge in [-0.05, 0) is 25.7 Å². The SMILES string of the molecule is CCC(C)NC(=O)CCNC(=O)[C@H](N)CC(C)C. The van der Waals surface area contributed by atoms with Gasteiger partial charge in [-0.2, -0.15) is 0 Å². The lowest BCUT2D eigenvalue weighted by atomic mass is 10.0. The monoisotopic (exact) mass is 257 g/mol. The zero-order valence-electron chi connectivity index (χ0n) is 12.0. The first kappa shape index (κ1) is 16.9. The van der Waals surface area contributed by atoms with Gasteiger partial charge in [-0.1, -0.05) is 20.8 Å². The van der Waals surface area contributed by atoms with Crippen LogP contribution in [0.1, 0.15) is 47.0 Å². The summed E-state index contributed by atoms with van der Waals surface area (Å²) in [6.45, 7) is 8.35. The zero-order chi connectivity index (χ0) is 14.1. The maximum atomic E-state index is 11.6. The van der Waals surface area contributed by atoms with Crippen molar-refractivity contribution in [2.24, 2.45) is 11.7 Å². The summed E-state index contributed by atoms with van der Waals surface area (Å²) in [5, 5.41) is 5.53. The van der Waals surface area contributed by atoms with E-state index in [0.29, 0.717) is 25.3 Å². The molecule has 0 aromatic carbocycles. The Balaban J connectivity index is 3.77. The molecule has 0 rings (SSSR count). The predicted molar refractivity (Wildman–Crippen MR) is 73.0 cm³/mol. The van der Waals surface area contributed by atoms with E-state index in [1.807, 2.05) is 27.7 Å². The molecule has 2 amide bonds. The Hall–Kier alpha value is -1.10. The van der Waals surface area contributed by atoms with Gasteiger partial charge < -0.3 is 16.4 Å². The third kappa shape index (κ3) is 8.06. The molecule has 5 nitrogen and oxygen atoms in total. The highest BCUT2D eigenvalue weighted by atomic mass is 16.2. The zero-order valence-corrected chi connectivity index (χ0v) is 12.0. The Morgan fingerprint density at radius 2 is 1.83 bits per heavy atom. The minimum atomic E-state index is -0.484. The minimum absolute atomic E-state index is 0.0397. The van der Waals surface area contributed by atoms with Crippen molar-refractivity contribution in [3.63, 3.8) is 0 Å².